The molecule has 10 heteroatoms. The number of aromatic nitrogens is 2. The summed E-state index contributed by atoms with van der Waals surface area (Å²) in [5.41, 5.74) is -0.709. The summed E-state index contributed by atoms with van der Waals surface area (Å²) >= 11 is 0. The Morgan fingerprint density at radius 3 is 2.65 bits per heavy atom. The van der Waals surface area contributed by atoms with Crippen molar-refractivity contribution in [3.8, 4) is 0 Å². The van der Waals surface area contributed by atoms with Gasteiger partial charge in [-0.2, -0.15) is 5.10 Å². The number of amides is 1. The van der Waals surface area contributed by atoms with Crippen molar-refractivity contribution in [2.45, 2.75) is 19.4 Å². The minimum absolute atomic E-state index is 0.0983. The number of nitro benzene ring substituents is 1. The topological polar surface area (TPSA) is 131 Å². The third-order valence-corrected chi connectivity index (χ3v) is 3.83. The quantitative estimate of drug-likeness (QED) is 0.566. The van der Waals surface area contributed by atoms with E-state index in [1.807, 2.05) is 0 Å². The number of carbonyl (C=O) groups is 2. The van der Waals surface area contributed by atoms with Crippen molar-refractivity contribution in [3.05, 3.63) is 46.8 Å². The van der Waals surface area contributed by atoms with Gasteiger partial charge in [0, 0.05) is 19.3 Å². The molecule has 10 nitrogen and oxygen atoms in total. The van der Waals surface area contributed by atoms with Crippen LogP contribution in [0.3, 0.4) is 0 Å². The number of rotatable bonds is 7. The summed E-state index contributed by atoms with van der Waals surface area (Å²) in [6.45, 7) is 2.84. The zero-order valence-electron chi connectivity index (χ0n) is 14.5. The lowest BCUT2D eigenvalue weighted by atomic mass is 10.1. The van der Waals surface area contributed by atoms with Crippen molar-refractivity contribution in [2.24, 2.45) is 0 Å². The van der Waals surface area contributed by atoms with Crippen LogP contribution in [0.15, 0.2) is 36.7 Å². The number of carboxylic acid groups (broad SMARTS) is 1. The number of nitro groups is 1. The average molecular weight is 361 g/mol. The Labute approximate surface area is 149 Å². The van der Waals surface area contributed by atoms with Crippen LogP contribution in [-0.2, 0) is 15.1 Å². The predicted molar refractivity (Wildman–Crippen MR) is 94.2 cm³/mol. The summed E-state index contributed by atoms with van der Waals surface area (Å²) < 4.78 is 1.23. The lowest BCUT2D eigenvalue weighted by Gasteiger charge is -2.19. The van der Waals surface area contributed by atoms with E-state index in [-0.39, 0.29) is 12.2 Å². The van der Waals surface area contributed by atoms with Crippen LogP contribution >= 0.6 is 0 Å². The molecule has 1 aromatic carbocycles. The molecule has 0 aliphatic heterocycles. The molecule has 1 amide bonds. The number of nitrogens with one attached hydrogen (secondary N) is 1. The molecule has 2 rings (SSSR count). The number of nitrogens with zero attached hydrogens (tertiary/aromatic N) is 4. The molecule has 0 atom stereocenters. The van der Waals surface area contributed by atoms with Crippen LogP contribution in [0, 0.1) is 10.1 Å². The van der Waals surface area contributed by atoms with E-state index < -0.39 is 22.3 Å². The van der Waals surface area contributed by atoms with E-state index in [2.05, 4.69) is 10.4 Å². The number of benzene rings is 1. The smallest absolute Gasteiger partial charge is 0.331 e. The molecule has 0 aliphatic rings. The molecule has 1 heterocycles. The lowest BCUT2D eigenvalue weighted by molar-refractivity contribution is -0.384. The van der Waals surface area contributed by atoms with Gasteiger partial charge in [0.2, 0.25) is 5.91 Å². The molecule has 0 aliphatic carbocycles. The van der Waals surface area contributed by atoms with Crippen molar-refractivity contribution >= 4 is 28.9 Å². The van der Waals surface area contributed by atoms with Crippen molar-refractivity contribution < 1.29 is 19.6 Å². The first-order valence-electron chi connectivity index (χ1n) is 7.66. The fourth-order valence-electron chi connectivity index (χ4n) is 2.23. The Hall–Kier alpha value is -3.43. The van der Waals surface area contributed by atoms with E-state index in [9.17, 15) is 24.8 Å². The van der Waals surface area contributed by atoms with Crippen LogP contribution in [0.1, 0.15) is 13.8 Å². The van der Waals surface area contributed by atoms with Gasteiger partial charge in [0.1, 0.15) is 5.69 Å². The lowest BCUT2D eigenvalue weighted by Crippen LogP contribution is -2.36. The van der Waals surface area contributed by atoms with Crippen molar-refractivity contribution in [2.75, 3.05) is 23.8 Å². The monoisotopic (exact) mass is 361 g/mol. The summed E-state index contributed by atoms with van der Waals surface area (Å²) in [7, 11) is 1.57. The summed E-state index contributed by atoms with van der Waals surface area (Å²) in [6.07, 6.45) is 2.75. The number of carbonyl (C=O) groups excluding carboxylic acids is 1. The Morgan fingerprint density at radius 1 is 1.38 bits per heavy atom. The van der Waals surface area contributed by atoms with E-state index in [1.54, 1.807) is 25.2 Å². The Balaban J connectivity index is 2.07. The number of anilines is 2. The van der Waals surface area contributed by atoms with Crippen LogP contribution < -0.4 is 10.2 Å². The first-order valence-corrected chi connectivity index (χ1v) is 7.66. The largest absolute Gasteiger partial charge is 0.479 e. The van der Waals surface area contributed by atoms with Crippen molar-refractivity contribution in [3.63, 3.8) is 0 Å². The molecule has 0 unspecified atom stereocenters. The molecule has 0 spiro atoms. The summed E-state index contributed by atoms with van der Waals surface area (Å²) in [6, 6.07) is 6.11. The van der Waals surface area contributed by atoms with Gasteiger partial charge in [-0.1, -0.05) is 12.1 Å². The van der Waals surface area contributed by atoms with Gasteiger partial charge in [-0.05, 0) is 19.9 Å². The van der Waals surface area contributed by atoms with Gasteiger partial charge in [0.15, 0.2) is 5.54 Å². The summed E-state index contributed by atoms with van der Waals surface area (Å²) in [5, 5.41) is 26.8. The maximum Gasteiger partial charge on any atom is 0.331 e. The van der Waals surface area contributed by atoms with E-state index in [0.29, 0.717) is 11.4 Å². The fraction of sp³-hybridized carbons (Fsp3) is 0.312. The molecule has 0 saturated carbocycles. The molecule has 0 radical (unpaired) electrons. The highest BCUT2D eigenvalue weighted by Crippen LogP contribution is 2.26. The standard InChI is InChI=1S/C16H19N5O5/c1-16(2,15(23)24)20-9-11(8-17-20)18-14(22)10-19(3)12-6-4-5-7-13(12)21(25)26/h4-9H,10H2,1-3H3,(H,18,22)(H,23,24). The first kappa shape index (κ1) is 18.9. The third-order valence-electron chi connectivity index (χ3n) is 3.83. The second-order valence-corrected chi connectivity index (χ2v) is 6.19. The van der Waals surface area contributed by atoms with Gasteiger partial charge in [-0.25, -0.2) is 4.79 Å². The maximum absolute atomic E-state index is 12.2. The van der Waals surface area contributed by atoms with E-state index in [0.717, 1.165) is 0 Å². The summed E-state index contributed by atoms with van der Waals surface area (Å²) in [5.74, 6) is -1.48. The average Bonchev–Trinajstić information content (AvgIpc) is 3.03. The molecule has 2 aromatic rings. The highest BCUT2D eigenvalue weighted by molar-refractivity contribution is 5.94. The zero-order chi connectivity index (χ0) is 19.5. The molecular formula is C16H19N5O5. The number of para-hydroxylation sites is 2. The van der Waals surface area contributed by atoms with Gasteiger partial charge in [-0.3, -0.25) is 19.6 Å². The Bertz CT molecular complexity index is 845. The van der Waals surface area contributed by atoms with E-state index in [4.69, 9.17) is 0 Å². The number of likely N-dealkylation sites (N-methyl/N-ethyl adjacent to an activating group) is 1. The van der Waals surface area contributed by atoms with Gasteiger partial charge < -0.3 is 15.3 Å². The Kier molecular flexibility index (Phi) is 5.24. The van der Waals surface area contributed by atoms with Gasteiger partial charge >= 0.3 is 5.97 Å². The van der Waals surface area contributed by atoms with Crippen LogP contribution in [0.25, 0.3) is 0 Å². The van der Waals surface area contributed by atoms with E-state index >= 15 is 0 Å². The SMILES string of the molecule is CN(CC(=O)Nc1cnn(C(C)(C)C(=O)O)c1)c1ccccc1[N+](=O)[O-]. The minimum atomic E-state index is -1.26. The molecule has 138 valence electrons. The van der Waals surface area contributed by atoms with Crippen LogP contribution in [0.4, 0.5) is 17.1 Å². The predicted octanol–water partition coefficient (Wildman–Crippen LogP) is 1.69. The molecule has 2 N–H and O–H groups in total. The summed E-state index contributed by atoms with van der Waals surface area (Å²) in [4.78, 5) is 35.4. The van der Waals surface area contributed by atoms with Crippen LogP contribution in [-0.4, -0.2) is 45.3 Å². The molecule has 1 aromatic heterocycles. The van der Waals surface area contributed by atoms with Gasteiger partial charge in [-0.15, -0.1) is 0 Å². The Morgan fingerprint density at radius 2 is 2.04 bits per heavy atom. The molecule has 0 fully saturated rings. The first-order chi connectivity index (χ1) is 12.1. The van der Waals surface area contributed by atoms with Gasteiger partial charge in [0.05, 0.1) is 23.4 Å². The number of carboxylic acids is 1. The maximum atomic E-state index is 12.2. The second kappa shape index (κ2) is 7.21. The van der Waals surface area contributed by atoms with Gasteiger partial charge in [0.25, 0.3) is 5.69 Å². The molecule has 0 bridgehead atoms. The van der Waals surface area contributed by atoms with Crippen molar-refractivity contribution in [1.29, 1.82) is 0 Å². The highest BCUT2D eigenvalue weighted by Gasteiger charge is 2.30. The normalized spacial score (nSPS) is 11.0. The van der Waals surface area contributed by atoms with Crippen LogP contribution in [0.2, 0.25) is 0 Å². The molecule has 0 saturated heterocycles. The fourth-order valence-corrected chi connectivity index (χ4v) is 2.23. The molecule has 26 heavy (non-hydrogen) atoms. The molecular weight excluding hydrogens is 342 g/mol. The van der Waals surface area contributed by atoms with E-state index in [1.165, 1.54) is 41.9 Å². The van der Waals surface area contributed by atoms with Crippen LogP contribution in [0.5, 0.6) is 0 Å². The third kappa shape index (κ3) is 3.97. The zero-order valence-corrected chi connectivity index (χ0v) is 14.5. The minimum Gasteiger partial charge on any atom is -0.479 e. The number of aliphatic carboxylic acids is 1. The number of hydrogen-bond donors (Lipinski definition) is 2. The second-order valence-electron chi connectivity index (χ2n) is 6.19. The number of hydrogen-bond acceptors (Lipinski definition) is 6. The van der Waals surface area contributed by atoms with Crippen molar-refractivity contribution in [1.82, 2.24) is 9.78 Å². The highest BCUT2D eigenvalue weighted by atomic mass is 16.6.